The van der Waals surface area contributed by atoms with E-state index in [1.165, 1.54) is 18.1 Å². The maximum atomic E-state index is 11.7. The Kier molecular flexibility index (Phi) is 4.55. The summed E-state index contributed by atoms with van der Waals surface area (Å²) < 4.78 is 11.1. The Morgan fingerprint density at radius 3 is 2.89 bits per heavy atom. The second-order valence-electron chi connectivity index (χ2n) is 8.56. The molecule has 0 spiro atoms. The van der Waals surface area contributed by atoms with Crippen molar-refractivity contribution in [1.82, 2.24) is 0 Å². The first-order chi connectivity index (χ1) is 13.0. The number of carbonyl (C=O) groups excluding carboxylic acids is 1. The van der Waals surface area contributed by atoms with Crippen molar-refractivity contribution in [3.8, 4) is 5.75 Å². The second-order valence-corrected chi connectivity index (χ2v) is 8.56. The van der Waals surface area contributed by atoms with Gasteiger partial charge >= 0.3 is 5.97 Å². The minimum Gasteiger partial charge on any atom is -0.497 e. The molecule has 0 bridgehead atoms. The second kappa shape index (κ2) is 6.75. The fraction of sp³-hybridized carbons (Fsp3) is 0.667. The number of ether oxygens (including phenoxy) is 2. The quantitative estimate of drug-likeness (QED) is 0.333. The van der Waals surface area contributed by atoms with Crippen LogP contribution in [0, 0.1) is 17.3 Å². The smallest absolute Gasteiger partial charge is 0.302 e. The molecule has 6 nitrogen and oxygen atoms in total. The Bertz CT molecular complexity index is 804. The summed E-state index contributed by atoms with van der Waals surface area (Å²) in [4.78, 5) is 14.7. The molecule has 2 saturated carbocycles. The van der Waals surface area contributed by atoms with Crippen LogP contribution in [0.4, 0.5) is 0 Å². The van der Waals surface area contributed by atoms with Gasteiger partial charge in [-0.05, 0) is 78.6 Å². The molecule has 0 heterocycles. The lowest BCUT2D eigenvalue weighted by molar-refractivity contribution is -0.155. The summed E-state index contributed by atoms with van der Waals surface area (Å²) in [5, 5.41) is 4.02. The zero-order valence-electron chi connectivity index (χ0n) is 16.2. The van der Waals surface area contributed by atoms with Gasteiger partial charge in [0.15, 0.2) is 0 Å². The molecule has 1 aromatic rings. The lowest BCUT2D eigenvalue weighted by atomic mass is 9.55. The van der Waals surface area contributed by atoms with Crippen molar-refractivity contribution in [2.45, 2.75) is 64.0 Å². The minimum absolute atomic E-state index is 0.115. The van der Waals surface area contributed by atoms with E-state index in [2.05, 4.69) is 35.1 Å². The van der Waals surface area contributed by atoms with Gasteiger partial charge in [0.05, 0.1) is 13.2 Å². The van der Waals surface area contributed by atoms with Gasteiger partial charge in [-0.25, -0.2) is 0 Å². The van der Waals surface area contributed by atoms with Crippen LogP contribution in [0.5, 0.6) is 5.75 Å². The van der Waals surface area contributed by atoms with Crippen LogP contribution < -0.4 is 4.74 Å². The fourth-order valence-corrected chi connectivity index (χ4v) is 6.22. The van der Waals surface area contributed by atoms with Crippen LogP contribution in [0.1, 0.15) is 56.6 Å². The van der Waals surface area contributed by atoms with E-state index in [0.717, 1.165) is 37.9 Å². The number of nitrogens with zero attached hydrogens (tertiary/aromatic N) is 3. The largest absolute Gasteiger partial charge is 0.497 e. The molecule has 0 aliphatic heterocycles. The van der Waals surface area contributed by atoms with Gasteiger partial charge in [-0.1, -0.05) is 18.1 Å². The molecule has 0 unspecified atom stereocenters. The zero-order chi connectivity index (χ0) is 19.2. The molecular weight excluding hydrogens is 342 g/mol. The van der Waals surface area contributed by atoms with E-state index in [0.29, 0.717) is 17.8 Å². The highest BCUT2D eigenvalue weighted by Gasteiger charge is 2.59. The fourth-order valence-electron chi connectivity index (χ4n) is 6.22. The van der Waals surface area contributed by atoms with E-state index in [1.54, 1.807) is 7.11 Å². The first-order valence-corrected chi connectivity index (χ1v) is 9.86. The van der Waals surface area contributed by atoms with E-state index in [4.69, 9.17) is 15.0 Å². The molecule has 1 aromatic carbocycles. The normalized spacial score (nSPS) is 36.6. The molecule has 6 atom stereocenters. The number of hydrogen-bond donors (Lipinski definition) is 0. The topological polar surface area (TPSA) is 84.3 Å². The minimum atomic E-state index is -0.311. The van der Waals surface area contributed by atoms with Crippen molar-refractivity contribution in [3.05, 3.63) is 39.8 Å². The Hall–Kier alpha value is -2.20. The third-order valence-corrected chi connectivity index (χ3v) is 7.36. The number of fused-ring (bicyclic) bond motifs is 5. The summed E-state index contributed by atoms with van der Waals surface area (Å²) in [5.74, 6) is 2.11. The maximum absolute atomic E-state index is 11.7. The van der Waals surface area contributed by atoms with Crippen LogP contribution in [0.3, 0.4) is 0 Å². The van der Waals surface area contributed by atoms with Gasteiger partial charge in [0.1, 0.15) is 11.9 Å². The van der Waals surface area contributed by atoms with E-state index >= 15 is 0 Å². The average Bonchev–Trinajstić information content (AvgIpc) is 2.93. The van der Waals surface area contributed by atoms with Crippen molar-refractivity contribution in [2.75, 3.05) is 7.11 Å². The van der Waals surface area contributed by atoms with Gasteiger partial charge in [0.2, 0.25) is 0 Å². The predicted molar refractivity (Wildman–Crippen MR) is 101 cm³/mol. The molecule has 4 rings (SSSR count). The van der Waals surface area contributed by atoms with E-state index in [9.17, 15) is 4.79 Å². The first-order valence-electron chi connectivity index (χ1n) is 9.86. The Morgan fingerprint density at radius 2 is 2.19 bits per heavy atom. The Morgan fingerprint density at radius 1 is 1.37 bits per heavy atom. The Labute approximate surface area is 159 Å². The number of rotatable bonds is 3. The molecule has 0 saturated heterocycles. The van der Waals surface area contributed by atoms with Crippen LogP contribution in [0.15, 0.2) is 23.3 Å². The summed E-state index contributed by atoms with van der Waals surface area (Å²) in [6.45, 7) is 3.68. The summed E-state index contributed by atoms with van der Waals surface area (Å²) in [7, 11) is 1.71. The first kappa shape index (κ1) is 18.2. The number of azide groups is 1. The number of methoxy groups -OCH3 is 1. The Balaban J connectivity index is 1.67. The molecule has 0 amide bonds. The van der Waals surface area contributed by atoms with Crippen molar-refractivity contribution >= 4 is 5.97 Å². The molecule has 6 heteroatoms. The molecular formula is C21H27N3O3. The van der Waals surface area contributed by atoms with Gasteiger partial charge in [-0.15, -0.1) is 0 Å². The maximum Gasteiger partial charge on any atom is 0.302 e. The number of carbonyl (C=O) groups is 1. The zero-order valence-corrected chi connectivity index (χ0v) is 16.2. The molecule has 0 radical (unpaired) electrons. The summed E-state index contributed by atoms with van der Waals surface area (Å²) in [5.41, 5.74) is 11.8. The molecule has 3 aliphatic carbocycles. The van der Waals surface area contributed by atoms with Crippen molar-refractivity contribution < 1.29 is 14.3 Å². The lowest BCUT2D eigenvalue weighted by Crippen LogP contribution is -2.46. The van der Waals surface area contributed by atoms with E-state index < -0.39 is 0 Å². The average molecular weight is 369 g/mol. The number of benzene rings is 1. The summed E-state index contributed by atoms with van der Waals surface area (Å²) in [6, 6.07) is 6.22. The third kappa shape index (κ3) is 2.87. The molecule has 27 heavy (non-hydrogen) atoms. The summed E-state index contributed by atoms with van der Waals surface area (Å²) >= 11 is 0. The molecule has 3 aliphatic rings. The standard InChI is InChI=1S/C21H27N3O3/c1-12(25)27-20-19(23-24-22)11-18-17-6-4-13-10-14(26-3)5-7-15(13)16(17)8-9-21(18,20)2/h5,7,10,16-20H,4,6,8-9,11H2,1-3H3/t16-,17-,18+,19-,20+,21+/m1/s1. The number of esters is 1. The highest BCUT2D eigenvalue weighted by atomic mass is 16.5. The van der Waals surface area contributed by atoms with Crippen LogP contribution in [0.2, 0.25) is 0 Å². The van der Waals surface area contributed by atoms with E-state index in [1.807, 2.05) is 0 Å². The van der Waals surface area contributed by atoms with Gasteiger partial charge in [-0.2, -0.15) is 0 Å². The van der Waals surface area contributed by atoms with Gasteiger partial charge in [0, 0.05) is 17.3 Å². The molecule has 2 fully saturated rings. The van der Waals surface area contributed by atoms with Crippen molar-refractivity contribution in [3.63, 3.8) is 0 Å². The van der Waals surface area contributed by atoms with Crippen molar-refractivity contribution in [2.24, 2.45) is 22.4 Å². The predicted octanol–water partition coefficient (Wildman–Crippen LogP) is 4.77. The van der Waals surface area contributed by atoms with Crippen LogP contribution in [0.25, 0.3) is 10.4 Å². The number of aryl methyl sites for hydroxylation is 1. The molecule has 144 valence electrons. The highest BCUT2D eigenvalue weighted by molar-refractivity contribution is 5.66. The van der Waals surface area contributed by atoms with Crippen LogP contribution in [-0.2, 0) is 16.0 Å². The van der Waals surface area contributed by atoms with Gasteiger partial charge in [0.25, 0.3) is 0 Å². The third-order valence-electron chi connectivity index (χ3n) is 7.36. The van der Waals surface area contributed by atoms with Crippen LogP contribution >= 0.6 is 0 Å². The molecule has 0 aromatic heterocycles. The SMILES string of the molecule is COc1ccc2c(c1)CC[C@@H]1[C@@H]2CC[C@@]2(C)[C@H]1C[C@@H](N=[N+]=[N-])[C@@H]2OC(C)=O. The summed E-state index contributed by atoms with van der Waals surface area (Å²) in [6.07, 6.45) is 4.74. The van der Waals surface area contributed by atoms with Crippen molar-refractivity contribution in [1.29, 1.82) is 0 Å². The highest BCUT2D eigenvalue weighted by Crippen LogP contribution is 2.62. The number of hydrogen-bond acceptors (Lipinski definition) is 4. The molecule has 0 N–H and O–H groups in total. The van der Waals surface area contributed by atoms with Gasteiger partial charge < -0.3 is 9.47 Å². The van der Waals surface area contributed by atoms with Crippen LogP contribution in [-0.4, -0.2) is 25.2 Å². The monoisotopic (exact) mass is 369 g/mol. The van der Waals surface area contributed by atoms with Gasteiger partial charge in [-0.3, -0.25) is 4.79 Å². The van der Waals surface area contributed by atoms with E-state index in [-0.39, 0.29) is 23.5 Å². The lowest BCUT2D eigenvalue weighted by Gasteiger charge is -2.50.